The fraction of sp³-hybridized carbons (Fsp3) is 0.632. The van der Waals surface area contributed by atoms with Crippen LogP contribution < -0.4 is 11.1 Å². The number of rotatable bonds is 4. The van der Waals surface area contributed by atoms with Gasteiger partial charge in [-0.2, -0.15) is 13.2 Å². The molecule has 1 aromatic carbocycles. The van der Waals surface area contributed by atoms with Crippen molar-refractivity contribution in [3.63, 3.8) is 0 Å². The molecular weight excluding hydrogens is 365 g/mol. The smallest absolute Gasteiger partial charge is 0.327 e. The predicted molar refractivity (Wildman–Crippen MR) is 98.2 cm³/mol. The van der Waals surface area contributed by atoms with E-state index in [1.165, 1.54) is 6.42 Å². The van der Waals surface area contributed by atoms with E-state index >= 15 is 0 Å². The predicted octanol–water partition coefficient (Wildman–Crippen LogP) is 4.70. The zero-order chi connectivity index (χ0) is 18.0. The highest BCUT2D eigenvalue weighted by Gasteiger charge is 2.40. The first-order chi connectivity index (χ1) is 11.8. The van der Waals surface area contributed by atoms with Crippen molar-refractivity contribution in [1.82, 2.24) is 0 Å². The maximum Gasteiger partial charge on any atom is 0.389 e. The van der Waals surface area contributed by atoms with Crippen LogP contribution in [0.5, 0.6) is 0 Å². The summed E-state index contributed by atoms with van der Waals surface area (Å²) >= 11 is 0. The molecule has 2 unspecified atom stereocenters. The standard InChI is InChI=1S/C19H25F3N2O.ClH/c20-19(21,22)8-7-12-3-1-6-16(9-12)24-18(25)15-10-13-4-2-5-14(11-15)17(13)23;/h1,3,6,9,13-15,17H,2,4-5,7-8,10-11,23H2,(H,24,25);1H. The van der Waals surface area contributed by atoms with Crippen LogP contribution in [0.25, 0.3) is 0 Å². The summed E-state index contributed by atoms with van der Waals surface area (Å²) in [4.78, 5) is 12.6. The number of hydrogen-bond acceptors (Lipinski definition) is 2. The summed E-state index contributed by atoms with van der Waals surface area (Å²) in [6.45, 7) is 0. The first kappa shape index (κ1) is 21.0. The van der Waals surface area contributed by atoms with Gasteiger partial charge in [0.15, 0.2) is 0 Å². The third-order valence-corrected chi connectivity index (χ3v) is 5.68. The molecule has 3 nitrogen and oxygen atoms in total. The lowest BCUT2D eigenvalue weighted by molar-refractivity contribution is -0.134. The lowest BCUT2D eigenvalue weighted by atomic mass is 9.65. The van der Waals surface area contributed by atoms with Crippen LogP contribution in [0, 0.1) is 17.8 Å². The molecule has 3 N–H and O–H groups in total. The summed E-state index contributed by atoms with van der Waals surface area (Å²) in [6, 6.07) is 6.92. The molecule has 0 heterocycles. The fourth-order valence-corrected chi connectivity index (χ4v) is 4.34. The number of alkyl halides is 3. The lowest BCUT2D eigenvalue weighted by Crippen LogP contribution is -2.48. The number of anilines is 1. The Balaban J connectivity index is 0.00000243. The van der Waals surface area contributed by atoms with Crippen LogP contribution in [0.4, 0.5) is 18.9 Å². The van der Waals surface area contributed by atoms with Crippen molar-refractivity contribution < 1.29 is 18.0 Å². The summed E-state index contributed by atoms with van der Waals surface area (Å²) in [5.41, 5.74) is 7.42. The molecule has 0 aromatic heterocycles. The molecule has 2 atom stereocenters. The zero-order valence-electron chi connectivity index (χ0n) is 14.6. The van der Waals surface area contributed by atoms with Gasteiger partial charge in [-0.15, -0.1) is 12.4 Å². The fourth-order valence-electron chi connectivity index (χ4n) is 4.34. The van der Waals surface area contributed by atoms with Crippen LogP contribution in [0.2, 0.25) is 0 Å². The molecule has 7 heteroatoms. The van der Waals surface area contributed by atoms with Crippen LogP contribution in [0.3, 0.4) is 0 Å². The van der Waals surface area contributed by atoms with Gasteiger partial charge >= 0.3 is 6.18 Å². The topological polar surface area (TPSA) is 55.1 Å². The number of aryl methyl sites for hydroxylation is 1. The van der Waals surface area contributed by atoms with Crippen molar-refractivity contribution in [3.8, 4) is 0 Å². The van der Waals surface area contributed by atoms with Crippen molar-refractivity contribution in [2.75, 3.05) is 5.32 Å². The van der Waals surface area contributed by atoms with E-state index in [1.54, 1.807) is 24.3 Å². The molecule has 26 heavy (non-hydrogen) atoms. The van der Waals surface area contributed by atoms with Gasteiger partial charge in [0.1, 0.15) is 0 Å². The normalized spacial score (nSPS) is 28.2. The highest BCUT2D eigenvalue weighted by atomic mass is 35.5. The number of nitrogens with one attached hydrogen (secondary N) is 1. The van der Waals surface area contributed by atoms with Crippen molar-refractivity contribution in [3.05, 3.63) is 29.8 Å². The van der Waals surface area contributed by atoms with Gasteiger partial charge in [-0.1, -0.05) is 18.6 Å². The van der Waals surface area contributed by atoms with Gasteiger partial charge in [-0.3, -0.25) is 4.79 Å². The van der Waals surface area contributed by atoms with Crippen LogP contribution in [0.15, 0.2) is 24.3 Å². The minimum Gasteiger partial charge on any atom is -0.327 e. The minimum absolute atomic E-state index is 0. The number of halogens is 4. The lowest BCUT2D eigenvalue weighted by Gasteiger charge is -2.43. The summed E-state index contributed by atoms with van der Waals surface area (Å²) in [6.07, 6.45) is -0.0856. The second-order valence-electron chi connectivity index (χ2n) is 7.50. The highest BCUT2D eigenvalue weighted by molar-refractivity contribution is 5.92. The maximum absolute atomic E-state index is 12.6. The Morgan fingerprint density at radius 3 is 2.46 bits per heavy atom. The SMILES string of the molecule is Cl.NC1C2CCCC1CC(C(=O)Nc1cccc(CCC(F)(F)F)c1)C2. The Morgan fingerprint density at radius 2 is 1.85 bits per heavy atom. The zero-order valence-corrected chi connectivity index (χ0v) is 15.4. The third kappa shape index (κ3) is 5.36. The Kier molecular flexibility index (Phi) is 6.97. The van der Waals surface area contributed by atoms with E-state index < -0.39 is 12.6 Å². The first-order valence-corrected chi connectivity index (χ1v) is 9.04. The molecule has 0 saturated heterocycles. The van der Waals surface area contributed by atoms with Crippen LogP contribution in [-0.2, 0) is 11.2 Å². The van der Waals surface area contributed by atoms with E-state index in [-0.39, 0.29) is 36.7 Å². The highest BCUT2D eigenvalue weighted by Crippen LogP contribution is 2.42. The molecule has 2 aliphatic carbocycles. The van der Waals surface area contributed by atoms with Gasteiger partial charge in [-0.05, 0) is 61.6 Å². The maximum atomic E-state index is 12.6. The molecule has 2 fully saturated rings. The number of amides is 1. The Bertz CT molecular complexity index is 609. The van der Waals surface area contributed by atoms with Crippen LogP contribution in [-0.4, -0.2) is 18.1 Å². The largest absolute Gasteiger partial charge is 0.389 e. The Morgan fingerprint density at radius 1 is 1.19 bits per heavy atom. The molecule has 146 valence electrons. The van der Waals surface area contributed by atoms with Gasteiger partial charge in [-0.25, -0.2) is 0 Å². The van der Waals surface area contributed by atoms with E-state index in [0.717, 1.165) is 25.7 Å². The third-order valence-electron chi connectivity index (χ3n) is 5.68. The minimum atomic E-state index is -4.17. The second-order valence-corrected chi connectivity index (χ2v) is 7.50. The van der Waals surface area contributed by atoms with Gasteiger partial charge in [0, 0.05) is 24.1 Å². The summed E-state index contributed by atoms with van der Waals surface area (Å²) < 4.78 is 37.1. The van der Waals surface area contributed by atoms with E-state index in [2.05, 4.69) is 5.32 Å². The van der Waals surface area contributed by atoms with Crippen molar-refractivity contribution >= 4 is 24.0 Å². The van der Waals surface area contributed by atoms with Gasteiger partial charge in [0.2, 0.25) is 5.91 Å². The Labute approximate surface area is 158 Å². The summed E-state index contributed by atoms with van der Waals surface area (Å²) in [5, 5.41) is 2.89. The molecule has 0 radical (unpaired) electrons. The van der Waals surface area contributed by atoms with Crippen molar-refractivity contribution in [1.29, 1.82) is 0 Å². The molecule has 0 spiro atoms. The first-order valence-electron chi connectivity index (χ1n) is 9.04. The van der Waals surface area contributed by atoms with E-state index in [4.69, 9.17) is 5.73 Å². The van der Waals surface area contributed by atoms with Gasteiger partial charge in [0.25, 0.3) is 0 Å². The molecule has 2 saturated carbocycles. The second kappa shape index (κ2) is 8.61. The van der Waals surface area contributed by atoms with Crippen LogP contribution in [0.1, 0.15) is 44.1 Å². The number of carbonyl (C=O) groups is 1. The van der Waals surface area contributed by atoms with E-state index in [1.807, 2.05) is 0 Å². The number of fused-ring (bicyclic) bond motifs is 2. The summed E-state index contributed by atoms with van der Waals surface area (Å²) in [7, 11) is 0. The van der Waals surface area contributed by atoms with Crippen molar-refractivity contribution in [2.24, 2.45) is 23.5 Å². The molecule has 1 amide bonds. The van der Waals surface area contributed by atoms with Crippen LogP contribution >= 0.6 is 12.4 Å². The van der Waals surface area contributed by atoms with Crippen molar-refractivity contribution in [2.45, 2.75) is 57.2 Å². The molecule has 1 aromatic rings. The number of carbonyl (C=O) groups excluding carboxylic acids is 1. The molecule has 2 bridgehead atoms. The monoisotopic (exact) mass is 390 g/mol. The molecule has 0 aliphatic heterocycles. The quantitative estimate of drug-likeness (QED) is 0.783. The van der Waals surface area contributed by atoms with E-state index in [9.17, 15) is 18.0 Å². The average Bonchev–Trinajstić information content (AvgIpc) is 2.52. The number of benzene rings is 1. The molecule has 3 rings (SSSR count). The molecular formula is C19H26ClF3N2O. The van der Waals surface area contributed by atoms with Gasteiger partial charge in [0.05, 0.1) is 0 Å². The molecule has 2 aliphatic rings. The van der Waals surface area contributed by atoms with Gasteiger partial charge < -0.3 is 11.1 Å². The number of nitrogens with two attached hydrogens (primary N) is 1. The van der Waals surface area contributed by atoms with E-state index in [0.29, 0.717) is 23.1 Å². The number of hydrogen-bond donors (Lipinski definition) is 2. The Hall–Kier alpha value is -1.27. The average molecular weight is 391 g/mol. The summed E-state index contributed by atoms with van der Waals surface area (Å²) in [5.74, 6) is 0.758.